The molecule has 3 heterocycles. The van der Waals surface area contributed by atoms with Gasteiger partial charge in [0.1, 0.15) is 5.58 Å². The van der Waals surface area contributed by atoms with Gasteiger partial charge in [0.25, 0.3) is 0 Å². The molecule has 1 radical (unpaired) electrons. The molecule has 0 fully saturated rings. The van der Waals surface area contributed by atoms with Gasteiger partial charge in [-0.1, -0.05) is 120 Å². The maximum atomic E-state index is 12.8. The number of imidazole rings is 1. The molecule has 8 heteroatoms. The summed E-state index contributed by atoms with van der Waals surface area (Å²) >= 11 is -1.79. The van der Waals surface area contributed by atoms with Crippen LogP contribution < -0.4 is 4.40 Å². The zero-order valence-electron chi connectivity index (χ0n) is 45.8. The molecule has 0 atom stereocenters. The number of hydrogen-bond donors (Lipinski definition) is 0. The van der Waals surface area contributed by atoms with E-state index in [0.717, 1.165) is 66.4 Å². The van der Waals surface area contributed by atoms with Crippen LogP contribution in [0.5, 0.6) is 0 Å². The molecule has 0 saturated heterocycles. The number of nitriles is 1. The molecule has 7 aromatic carbocycles. The number of halogens is 1. The molecule has 0 N–H and O–H groups in total. The molecule has 3 aromatic heterocycles. The van der Waals surface area contributed by atoms with Crippen molar-refractivity contribution in [3.05, 3.63) is 192 Å². The smallest absolute Gasteiger partial charge is 0 e. The zero-order chi connectivity index (χ0) is 53.1. The second kappa shape index (κ2) is 20.7. The molecule has 359 valence electrons. The Morgan fingerprint density at radius 3 is 2.11 bits per heavy atom. The SMILES string of the molecule is [2H]C(C)(C)c1cc(-c2ccc(C([2H])([2H])C(C)(C)C)cc2)cc(C([2H])(C)C)c1-n1c(-c2[c-]ccc3c2oc2cc(-c4cccc(C#N)c4)ccc23)nc2ccccc21.[CH3][Ge]([CH3])([CH3])[c]1ccc(-c2[c-]cc(F)cc2)nc1.[Ir]. The van der Waals surface area contributed by atoms with Gasteiger partial charge in [-0.3, -0.25) is 4.98 Å². The van der Waals surface area contributed by atoms with Gasteiger partial charge in [0, 0.05) is 36.7 Å². The number of benzene rings is 7. The van der Waals surface area contributed by atoms with Gasteiger partial charge >= 0.3 is 104 Å². The van der Waals surface area contributed by atoms with Gasteiger partial charge < -0.3 is 8.98 Å². The number of hydrogen-bond acceptors (Lipinski definition) is 4. The third kappa shape index (κ3) is 10.9. The number of furan rings is 1. The van der Waals surface area contributed by atoms with Gasteiger partial charge in [0.15, 0.2) is 0 Å². The molecular formula is C63H59FGeIrN4O-2. The van der Waals surface area contributed by atoms with Crippen molar-refractivity contribution in [1.29, 1.82) is 5.26 Å². The summed E-state index contributed by atoms with van der Waals surface area (Å²) in [6.07, 6.45) is 0.412. The molecule has 0 aliphatic heterocycles. The standard InChI is InChI=1S/C49H44N3O.C14H15FGeN.Ir/c1-30(2)41-25-37(34-20-18-32(19-21-34)28-49(5,6)7)26-42(31(3)4)46(41)52-44-17-9-8-16-43(44)51-48(52)40-15-11-14-39-38-23-22-36(27-45(38)53-47(39)40)35-13-10-12-33(24-35)29-50;1-16(2,3)13-8-9-14(17-10-13)11-4-6-12(15)7-5-11;/h8-14,16-27,30-31H,28H2,1-7H3;4,6-10H,1-3H3;/q2*-1;/i28D2,30D,31D;;. The second-order valence-corrected chi connectivity index (χ2v) is 31.0. The first kappa shape index (κ1) is 45.7. The number of pyridine rings is 1. The summed E-state index contributed by atoms with van der Waals surface area (Å²) in [7, 11) is 0. The predicted molar refractivity (Wildman–Crippen MR) is 291 cm³/mol. The summed E-state index contributed by atoms with van der Waals surface area (Å²) in [5, 5.41) is 11.4. The van der Waals surface area contributed by atoms with E-state index in [1.165, 1.54) is 16.5 Å². The molecule has 0 aliphatic carbocycles. The fraction of sp³-hybridized carbons (Fsp3) is 0.222. The van der Waals surface area contributed by atoms with E-state index in [2.05, 4.69) is 51.1 Å². The zero-order valence-corrected chi connectivity index (χ0v) is 46.3. The topological polar surface area (TPSA) is 67.6 Å². The molecule has 0 spiro atoms. The first-order valence-electron chi connectivity index (χ1n) is 25.6. The van der Waals surface area contributed by atoms with E-state index < -0.39 is 36.8 Å². The Balaban J connectivity index is 0.000000352. The van der Waals surface area contributed by atoms with Gasteiger partial charge in [-0.15, -0.1) is 18.2 Å². The largest absolute Gasteiger partial charge is 0 e. The van der Waals surface area contributed by atoms with Gasteiger partial charge in [-0.05, 0) is 105 Å². The van der Waals surface area contributed by atoms with Crippen molar-refractivity contribution in [1.82, 2.24) is 14.5 Å². The van der Waals surface area contributed by atoms with E-state index in [4.69, 9.17) is 12.1 Å². The monoisotopic (exact) mass is 1180 g/mol. The van der Waals surface area contributed by atoms with Crippen molar-refractivity contribution in [3.63, 3.8) is 0 Å². The Morgan fingerprint density at radius 1 is 0.775 bits per heavy atom. The number of aromatic nitrogens is 3. The minimum absolute atomic E-state index is 0. The number of nitrogens with zero attached hydrogens (tertiary/aromatic N) is 4. The third-order valence-electron chi connectivity index (χ3n) is 12.4. The van der Waals surface area contributed by atoms with E-state index in [1.54, 1.807) is 12.1 Å². The van der Waals surface area contributed by atoms with Crippen LogP contribution in [0.25, 0.3) is 83.6 Å². The minimum atomic E-state index is -1.79. The van der Waals surface area contributed by atoms with Crippen LogP contribution in [0.3, 0.4) is 0 Å². The molecule has 0 amide bonds. The van der Waals surface area contributed by atoms with Crippen LogP contribution in [0.1, 0.15) is 88.0 Å². The molecular weight excluding hydrogens is 1110 g/mol. The average molecular weight is 1180 g/mol. The van der Waals surface area contributed by atoms with E-state index in [0.29, 0.717) is 39.4 Å². The van der Waals surface area contributed by atoms with Crippen LogP contribution in [-0.2, 0) is 26.5 Å². The number of fused-ring (bicyclic) bond motifs is 4. The van der Waals surface area contributed by atoms with Gasteiger partial charge in [0.05, 0.1) is 34.1 Å². The number of rotatable bonds is 9. The quantitative estimate of drug-likeness (QED) is 0.107. The summed E-state index contributed by atoms with van der Waals surface area (Å²) in [6.45, 7) is 13.2. The van der Waals surface area contributed by atoms with Gasteiger partial charge in [-0.25, -0.2) is 0 Å². The van der Waals surface area contributed by atoms with Crippen LogP contribution in [0, 0.1) is 34.7 Å². The summed E-state index contributed by atoms with van der Waals surface area (Å²) in [5.74, 6) is 5.11. The van der Waals surface area contributed by atoms with Crippen LogP contribution >= 0.6 is 0 Å². The predicted octanol–water partition coefficient (Wildman–Crippen LogP) is 16.7. The summed E-state index contributed by atoms with van der Waals surface area (Å²) in [6, 6.07) is 54.3. The van der Waals surface area contributed by atoms with Crippen molar-refractivity contribution >= 4 is 50.6 Å². The Morgan fingerprint density at radius 2 is 1.48 bits per heavy atom. The van der Waals surface area contributed by atoms with Crippen LogP contribution in [-0.4, -0.2) is 27.8 Å². The van der Waals surface area contributed by atoms with E-state index in [9.17, 15) is 12.4 Å². The maximum Gasteiger partial charge on any atom is 0 e. The first-order valence-corrected chi connectivity index (χ1v) is 31.0. The molecule has 0 aliphatic rings. The third-order valence-corrected chi connectivity index (χ3v) is 16.6. The second-order valence-electron chi connectivity index (χ2n) is 20.3. The Hall–Kier alpha value is -6.43. The summed E-state index contributed by atoms with van der Waals surface area (Å²) < 4.78 is 59.7. The number of para-hydroxylation sites is 2. The average Bonchev–Trinajstić information content (AvgIpc) is 3.94. The first-order chi connectivity index (χ1) is 34.8. The molecule has 10 rings (SSSR count). The van der Waals surface area contributed by atoms with Crippen LogP contribution in [0.15, 0.2) is 156 Å². The molecule has 0 unspecified atom stereocenters. The van der Waals surface area contributed by atoms with Crippen molar-refractivity contribution in [2.75, 3.05) is 0 Å². The fourth-order valence-corrected chi connectivity index (χ4v) is 11.0. The fourth-order valence-electron chi connectivity index (χ4n) is 8.82. The minimum Gasteiger partial charge on any atom is 0 e. The normalized spacial score (nSPS) is 13.1. The van der Waals surface area contributed by atoms with Gasteiger partial charge in [-0.2, -0.15) is 5.26 Å². The Labute approximate surface area is 440 Å². The van der Waals surface area contributed by atoms with E-state index >= 15 is 0 Å². The molecule has 10 aromatic rings. The molecule has 71 heavy (non-hydrogen) atoms. The molecule has 0 saturated carbocycles. The van der Waals surface area contributed by atoms with E-state index in [1.807, 2.05) is 170 Å². The van der Waals surface area contributed by atoms with Crippen molar-refractivity contribution < 1.29 is 34.4 Å². The van der Waals surface area contributed by atoms with E-state index in [-0.39, 0.29) is 25.9 Å². The Bertz CT molecular complexity index is 3730. The summed E-state index contributed by atoms with van der Waals surface area (Å²) in [4.78, 5) is 9.66. The molecule has 0 bridgehead atoms. The summed E-state index contributed by atoms with van der Waals surface area (Å²) in [5.41, 5.74) is 11.6. The van der Waals surface area contributed by atoms with Crippen LogP contribution in [0.2, 0.25) is 17.3 Å². The van der Waals surface area contributed by atoms with Gasteiger partial charge in [0.2, 0.25) is 0 Å². The van der Waals surface area contributed by atoms with Crippen molar-refractivity contribution in [2.45, 2.75) is 83.9 Å². The maximum absolute atomic E-state index is 12.8. The van der Waals surface area contributed by atoms with Crippen molar-refractivity contribution in [2.24, 2.45) is 5.41 Å². The van der Waals surface area contributed by atoms with Crippen LogP contribution in [0.4, 0.5) is 4.39 Å². The van der Waals surface area contributed by atoms with Crippen molar-refractivity contribution in [3.8, 4) is 56.7 Å². The molecule has 5 nitrogen and oxygen atoms in total. The Kier molecular flexibility index (Phi) is 13.3.